The number of rotatable bonds is 3. The Bertz CT molecular complexity index is 472. The number of hydrogen-bond acceptors (Lipinski definition) is 3. The summed E-state index contributed by atoms with van der Waals surface area (Å²) in [6.45, 7) is 2.58. The van der Waals surface area contributed by atoms with Gasteiger partial charge in [0.25, 0.3) is 0 Å². The number of amides is 1. The fourth-order valence-corrected chi connectivity index (χ4v) is 2.65. The molecule has 0 bridgehead atoms. The quantitative estimate of drug-likeness (QED) is 0.815. The van der Waals surface area contributed by atoms with Gasteiger partial charge in [-0.25, -0.2) is 0 Å². The van der Waals surface area contributed by atoms with Crippen molar-refractivity contribution in [3.63, 3.8) is 0 Å². The van der Waals surface area contributed by atoms with Crippen molar-refractivity contribution in [1.29, 1.82) is 5.26 Å². The Balaban J connectivity index is 2.04. The Kier molecular flexibility index (Phi) is 3.33. The number of hydrogen-bond donors (Lipinski definition) is 0. The van der Waals surface area contributed by atoms with Gasteiger partial charge < -0.3 is 4.90 Å². The molecule has 0 aliphatic heterocycles. The maximum absolute atomic E-state index is 12.3. The first-order valence-corrected chi connectivity index (χ1v) is 6.13. The summed E-state index contributed by atoms with van der Waals surface area (Å²) in [5.41, 5.74) is 0.199. The van der Waals surface area contributed by atoms with Crippen LogP contribution in [0.1, 0.15) is 25.3 Å². The molecule has 1 aliphatic carbocycles. The lowest BCUT2D eigenvalue weighted by Crippen LogP contribution is -2.48. The standard InChI is InChI=1S/C14H17N3O/c1-11-6-14(7-11,10-15)13(18)17(2)9-12-4-3-5-16-8-12/h3-5,8,11H,6-7,9H2,1-2H3. The Hall–Kier alpha value is -1.89. The average Bonchev–Trinajstić information content (AvgIpc) is 2.35. The molecule has 4 nitrogen and oxygen atoms in total. The van der Waals surface area contributed by atoms with Crippen LogP contribution in [0.3, 0.4) is 0 Å². The largest absolute Gasteiger partial charge is 0.340 e. The molecule has 0 radical (unpaired) electrons. The van der Waals surface area contributed by atoms with E-state index in [0.29, 0.717) is 25.3 Å². The molecule has 0 spiro atoms. The first-order valence-electron chi connectivity index (χ1n) is 6.13. The van der Waals surface area contributed by atoms with Gasteiger partial charge in [0.05, 0.1) is 6.07 Å². The summed E-state index contributed by atoms with van der Waals surface area (Å²) in [7, 11) is 1.75. The monoisotopic (exact) mass is 243 g/mol. The number of pyridine rings is 1. The molecule has 0 N–H and O–H groups in total. The maximum atomic E-state index is 12.3. The Morgan fingerprint density at radius 3 is 2.89 bits per heavy atom. The molecule has 0 unspecified atom stereocenters. The maximum Gasteiger partial charge on any atom is 0.243 e. The molecule has 0 aromatic carbocycles. The van der Waals surface area contributed by atoms with Crippen LogP contribution in [0.5, 0.6) is 0 Å². The van der Waals surface area contributed by atoms with Crippen LogP contribution in [-0.4, -0.2) is 22.8 Å². The lowest BCUT2D eigenvalue weighted by atomic mass is 9.63. The van der Waals surface area contributed by atoms with Crippen LogP contribution in [0.15, 0.2) is 24.5 Å². The fourth-order valence-electron chi connectivity index (χ4n) is 2.65. The van der Waals surface area contributed by atoms with E-state index in [-0.39, 0.29) is 5.91 Å². The van der Waals surface area contributed by atoms with E-state index < -0.39 is 5.41 Å². The molecule has 4 heteroatoms. The molecular formula is C14H17N3O. The van der Waals surface area contributed by atoms with Gasteiger partial charge in [-0.1, -0.05) is 13.0 Å². The zero-order chi connectivity index (χ0) is 13.2. The number of nitriles is 1. The Morgan fingerprint density at radius 2 is 2.39 bits per heavy atom. The van der Waals surface area contributed by atoms with Gasteiger partial charge in [-0.05, 0) is 30.4 Å². The Labute approximate surface area is 107 Å². The van der Waals surface area contributed by atoms with Crippen LogP contribution >= 0.6 is 0 Å². The SMILES string of the molecule is CC1CC(C#N)(C(=O)N(C)Cc2cccnc2)C1. The van der Waals surface area contributed by atoms with Crippen molar-refractivity contribution < 1.29 is 4.79 Å². The highest BCUT2D eigenvalue weighted by atomic mass is 16.2. The van der Waals surface area contributed by atoms with E-state index in [0.717, 1.165) is 5.56 Å². The molecule has 1 heterocycles. The molecule has 1 fully saturated rings. The third-order valence-corrected chi connectivity index (χ3v) is 3.51. The zero-order valence-corrected chi connectivity index (χ0v) is 10.8. The van der Waals surface area contributed by atoms with Gasteiger partial charge >= 0.3 is 0 Å². The molecule has 0 saturated heterocycles. The van der Waals surface area contributed by atoms with Gasteiger partial charge in [0.1, 0.15) is 5.41 Å². The van der Waals surface area contributed by atoms with E-state index in [2.05, 4.69) is 18.0 Å². The smallest absolute Gasteiger partial charge is 0.243 e. The minimum atomic E-state index is -0.781. The van der Waals surface area contributed by atoms with E-state index in [1.165, 1.54) is 0 Å². The average molecular weight is 243 g/mol. The van der Waals surface area contributed by atoms with Crippen molar-refractivity contribution in [3.05, 3.63) is 30.1 Å². The van der Waals surface area contributed by atoms with Gasteiger partial charge in [-0.3, -0.25) is 9.78 Å². The second-order valence-corrected chi connectivity index (χ2v) is 5.23. The van der Waals surface area contributed by atoms with E-state index >= 15 is 0 Å². The first-order chi connectivity index (χ1) is 8.57. The molecule has 0 atom stereocenters. The van der Waals surface area contributed by atoms with E-state index in [4.69, 9.17) is 0 Å². The highest BCUT2D eigenvalue weighted by Crippen LogP contribution is 2.46. The van der Waals surface area contributed by atoms with Crippen molar-refractivity contribution in [2.24, 2.45) is 11.3 Å². The second-order valence-electron chi connectivity index (χ2n) is 5.23. The zero-order valence-electron chi connectivity index (χ0n) is 10.8. The van der Waals surface area contributed by atoms with Crippen LogP contribution in [-0.2, 0) is 11.3 Å². The van der Waals surface area contributed by atoms with Gasteiger partial charge in [-0.15, -0.1) is 0 Å². The van der Waals surface area contributed by atoms with E-state index in [1.807, 2.05) is 12.1 Å². The Morgan fingerprint density at radius 1 is 1.67 bits per heavy atom. The normalized spacial score (nSPS) is 25.9. The van der Waals surface area contributed by atoms with Gasteiger partial charge in [0.2, 0.25) is 5.91 Å². The van der Waals surface area contributed by atoms with Crippen LogP contribution in [0.25, 0.3) is 0 Å². The van der Waals surface area contributed by atoms with Crippen molar-refractivity contribution in [1.82, 2.24) is 9.88 Å². The van der Waals surface area contributed by atoms with Crippen molar-refractivity contribution in [2.45, 2.75) is 26.3 Å². The number of nitrogens with zero attached hydrogens (tertiary/aromatic N) is 3. The van der Waals surface area contributed by atoms with Crippen LogP contribution in [0.2, 0.25) is 0 Å². The van der Waals surface area contributed by atoms with Gasteiger partial charge in [0.15, 0.2) is 0 Å². The minimum Gasteiger partial charge on any atom is -0.340 e. The molecule has 94 valence electrons. The predicted molar refractivity (Wildman–Crippen MR) is 67.2 cm³/mol. The summed E-state index contributed by atoms with van der Waals surface area (Å²) >= 11 is 0. The highest BCUT2D eigenvalue weighted by Gasteiger charge is 2.50. The van der Waals surface area contributed by atoms with Crippen LogP contribution in [0, 0.1) is 22.7 Å². The van der Waals surface area contributed by atoms with Crippen molar-refractivity contribution in [3.8, 4) is 6.07 Å². The highest BCUT2D eigenvalue weighted by molar-refractivity contribution is 5.86. The summed E-state index contributed by atoms with van der Waals surface area (Å²) in [5, 5.41) is 9.23. The van der Waals surface area contributed by atoms with Crippen molar-refractivity contribution in [2.75, 3.05) is 7.05 Å². The summed E-state index contributed by atoms with van der Waals surface area (Å²) in [6, 6.07) is 5.98. The van der Waals surface area contributed by atoms with Gasteiger partial charge in [0, 0.05) is 26.0 Å². The third kappa shape index (κ3) is 2.21. The number of carbonyl (C=O) groups excluding carboxylic acids is 1. The minimum absolute atomic E-state index is 0.0630. The van der Waals surface area contributed by atoms with Gasteiger partial charge in [-0.2, -0.15) is 5.26 Å². The predicted octanol–water partition coefficient (Wildman–Crippen LogP) is 1.98. The summed E-state index contributed by atoms with van der Waals surface area (Å²) in [5.74, 6) is 0.410. The molecule has 1 saturated carbocycles. The summed E-state index contributed by atoms with van der Waals surface area (Å²) in [4.78, 5) is 18.0. The molecular weight excluding hydrogens is 226 g/mol. The van der Waals surface area contributed by atoms with E-state index in [1.54, 1.807) is 24.3 Å². The third-order valence-electron chi connectivity index (χ3n) is 3.51. The van der Waals surface area contributed by atoms with Crippen LogP contribution < -0.4 is 0 Å². The molecule has 18 heavy (non-hydrogen) atoms. The number of aromatic nitrogens is 1. The number of carbonyl (C=O) groups is 1. The lowest BCUT2D eigenvalue weighted by molar-refractivity contribution is -0.144. The first kappa shape index (κ1) is 12.6. The molecule has 2 rings (SSSR count). The summed E-state index contributed by atoms with van der Waals surface area (Å²) < 4.78 is 0. The molecule has 1 aliphatic rings. The van der Waals surface area contributed by atoms with E-state index in [9.17, 15) is 10.1 Å². The fraction of sp³-hybridized carbons (Fsp3) is 0.500. The molecule has 1 aromatic heterocycles. The topological polar surface area (TPSA) is 57.0 Å². The lowest BCUT2D eigenvalue weighted by Gasteiger charge is -2.41. The molecule has 1 amide bonds. The summed E-state index contributed by atoms with van der Waals surface area (Å²) in [6.07, 6.45) is 4.81. The van der Waals surface area contributed by atoms with Crippen LogP contribution in [0.4, 0.5) is 0 Å². The molecule has 1 aromatic rings. The van der Waals surface area contributed by atoms with Crippen molar-refractivity contribution >= 4 is 5.91 Å². The second kappa shape index (κ2) is 4.77.